The molecule has 1 aromatic rings. The van der Waals surface area contributed by atoms with Crippen LogP contribution in [0.15, 0.2) is 5.38 Å². The van der Waals surface area contributed by atoms with Crippen molar-refractivity contribution in [2.75, 3.05) is 13.2 Å². The quantitative estimate of drug-likeness (QED) is 0.787. The monoisotopic (exact) mass is 268 g/mol. The molecule has 102 valence electrons. The van der Waals surface area contributed by atoms with E-state index in [1.165, 1.54) is 18.5 Å². The van der Waals surface area contributed by atoms with Gasteiger partial charge in [0.05, 0.1) is 16.8 Å². The second-order valence-corrected chi connectivity index (χ2v) is 6.05. The molecule has 1 aliphatic rings. The van der Waals surface area contributed by atoms with Gasteiger partial charge in [0.15, 0.2) is 0 Å². The van der Waals surface area contributed by atoms with E-state index in [2.05, 4.69) is 36.5 Å². The lowest BCUT2D eigenvalue weighted by atomic mass is 10.0. The fourth-order valence-corrected chi connectivity index (χ4v) is 3.12. The van der Waals surface area contributed by atoms with Crippen molar-refractivity contribution >= 4 is 11.3 Å². The molecule has 1 heterocycles. The van der Waals surface area contributed by atoms with Gasteiger partial charge in [-0.05, 0) is 39.2 Å². The molecule has 3 nitrogen and oxygen atoms in total. The van der Waals surface area contributed by atoms with Gasteiger partial charge in [0.2, 0.25) is 0 Å². The average Bonchev–Trinajstić information content (AvgIpc) is 3.10. The molecule has 1 aliphatic carbocycles. The zero-order valence-electron chi connectivity index (χ0n) is 11.6. The van der Waals surface area contributed by atoms with Gasteiger partial charge >= 0.3 is 0 Å². The van der Waals surface area contributed by atoms with Gasteiger partial charge in [-0.2, -0.15) is 0 Å². The van der Waals surface area contributed by atoms with Gasteiger partial charge in [-0.25, -0.2) is 4.98 Å². The molecule has 1 N–H and O–H groups in total. The standard InChI is InChI=1S/C14H24N2OS/c1-4-15-13(8-12-9-18-10(3)16-12)14(17-5-2)11-6-7-11/h9,11,13-15H,4-8H2,1-3H3. The SMILES string of the molecule is CCNC(Cc1csc(C)n1)C(OCC)C1CC1. The summed E-state index contributed by atoms with van der Waals surface area (Å²) in [4.78, 5) is 4.58. The van der Waals surface area contributed by atoms with E-state index in [1.54, 1.807) is 11.3 Å². The van der Waals surface area contributed by atoms with Crippen molar-refractivity contribution in [1.82, 2.24) is 10.3 Å². The molecule has 0 aromatic carbocycles. The van der Waals surface area contributed by atoms with Crippen molar-refractivity contribution in [3.05, 3.63) is 16.1 Å². The van der Waals surface area contributed by atoms with Crippen LogP contribution in [0.25, 0.3) is 0 Å². The molecule has 0 spiro atoms. The molecule has 2 rings (SSSR count). The molecule has 1 saturated carbocycles. The summed E-state index contributed by atoms with van der Waals surface area (Å²) >= 11 is 1.73. The van der Waals surface area contributed by atoms with Gasteiger partial charge in [-0.1, -0.05) is 6.92 Å². The van der Waals surface area contributed by atoms with Crippen LogP contribution in [0.1, 0.15) is 37.4 Å². The summed E-state index contributed by atoms with van der Waals surface area (Å²) in [7, 11) is 0. The highest BCUT2D eigenvalue weighted by Gasteiger charge is 2.37. The van der Waals surface area contributed by atoms with E-state index in [4.69, 9.17) is 4.74 Å². The lowest BCUT2D eigenvalue weighted by molar-refractivity contribution is 0.0194. The fourth-order valence-electron chi connectivity index (χ4n) is 2.49. The first kappa shape index (κ1) is 14.0. The maximum atomic E-state index is 5.97. The third kappa shape index (κ3) is 3.77. The molecular weight excluding hydrogens is 244 g/mol. The lowest BCUT2D eigenvalue weighted by Crippen LogP contribution is -2.44. The highest BCUT2D eigenvalue weighted by atomic mass is 32.1. The smallest absolute Gasteiger partial charge is 0.0897 e. The van der Waals surface area contributed by atoms with Gasteiger partial charge in [0.1, 0.15) is 0 Å². The summed E-state index contributed by atoms with van der Waals surface area (Å²) in [6, 6.07) is 0.406. The molecule has 0 bridgehead atoms. The molecular formula is C14H24N2OS. The minimum Gasteiger partial charge on any atom is -0.377 e. The molecule has 1 aromatic heterocycles. The van der Waals surface area contributed by atoms with E-state index >= 15 is 0 Å². The van der Waals surface area contributed by atoms with Crippen molar-refractivity contribution in [1.29, 1.82) is 0 Å². The Balaban J connectivity index is 2.00. The van der Waals surface area contributed by atoms with Crippen LogP contribution in [0.2, 0.25) is 0 Å². The Labute approximate surface area is 114 Å². The molecule has 0 saturated heterocycles. The Hall–Kier alpha value is -0.450. The zero-order valence-corrected chi connectivity index (χ0v) is 12.4. The third-order valence-corrected chi connectivity index (χ3v) is 4.23. The molecule has 4 heteroatoms. The minimum atomic E-state index is 0.358. The number of nitrogens with zero attached hydrogens (tertiary/aromatic N) is 1. The number of aromatic nitrogens is 1. The predicted octanol–water partition coefficient (Wildman–Crippen LogP) is 2.79. The van der Waals surface area contributed by atoms with E-state index in [-0.39, 0.29) is 0 Å². The molecule has 2 unspecified atom stereocenters. The third-order valence-electron chi connectivity index (χ3n) is 3.40. The van der Waals surface area contributed by atoms with E-state index in [9.17, 15) is 0 Å². The first-order valence-electron chi connectivity index (χ1n) is 7.00. The number of ether oxygens (including phenoxy) is 1. The van der Waals surface area contributed by atoms with Gasteiger partial charge in [0.25, 0.3) is 0 Å². The van der Waals surface area contributed by atoms with Crippen molar-refractivity contribution in [3.8, 4) is 0 Å². The van der Waals surface area contributed by atoms with Crippen molar-refractivity contribution in [3.63, 3.8) is 0 Å². The molecule has 0 amide bonds. The molecule has 2 atom stereocenters. The largest absolute Gasteiger partial charge is 0.377 e. The first-order chi connectivity index (χ1) is 8.74. The van der Waals surface area contributed by atoms with Crippen LogP contribution in [-0.4, -0.2) is 30.3 Å². The fraction of sp³-hybridized carbons (Fsp3) is 0.786. The Bertz CT molecular complexity index is 362. The van der Waals surface area contributed by atoms with Crippen molar-refractivity contribution in [2.45, 2.75) is 52.2 Å². The summed E-state index contributed by atoms with van der Waals surface area (Å²) in [5.74, 6) is 0.758. The average molecular weight is 268 g/mol. The Morgan fingerprint density at radius 1 is 1.50 bits per heavy atom. The Morgan fingerprint density at radius 2 is 2.28 bits per heavy atom. The topological polar surface area (TPSA) is 34.2 Å². The summed E-state index contributed by atoms with van der Waals surface area (Å²) < 4.78 is 5.97. The van der Waals surface area contributed by atoms with Gasteiger partial charge in [0, 0.05) is 24.4 Å². The van der Waals surface area contributed by atoms with Crippen LogP contribution >= 0.6 is 11.3 Å². The van der Waals surface area contributed by atoms with Crippen molar-refractivity contribution < 1.29 is 4.74 Å². The van der Waals surface area contributed by atoms with E-state index in [0.29, 0.717) is 12.1 Å². The second-order valence-electron chi connectivity index (χ2n) is 4.98. The molecule has 1 fully saturated rings. The second kappa shape index (κ2) is 6.64. The Kier molecular flexibility index (Phi) is 5.15. The maximum absolute atomic E-state index is 5.97. The number of nitrogens with one attached hydrogen (secondary N) is 1. The normalized spacial score (nSPS) is 18.8. The number of rotatable bonds is 8. The number of hydrogen-bond acceptors (Lipinski definition) is 4. The summed E-state index contributed by atoms with van der Waals surface area (Å²) in [6.07, 6.45) is 3.99. The van der Waals surface area contributed by atoms with Gasteiger partial charge in [-0.15, -0.1) is 11.3 Å². The zero-order chi connectivity index (χ0) is 13.0. The number of aryl methyl sites for hydroxylation is 1. The molecule has 18 heavy (non-hydrogen) atoms. The molecule has 0 aliphatic heterocycles. The van der Waals surface area contributed by atoms with Gasteiger partial charge in [-0.3, -0.25) is 0 Å². The summed E-state index contributed by atoms with van der Waals surface area (Å²) in [5, 5.41) is 6.91. The van der Waals surface area contributed by atoms with E-state index in [0.717, 1.165) is 30.5 Å². The summed E-state index contributed by atoms with van der Waals surface area (Å²) in [6.45, 7) is 8.11. The van der Waals surface area contributed by atoms with E-state index < -0.39 is 0 Å². The number of hydrogen-bond donors (Lipinski definition) is 1. The highest BCUT2D eigenvalue weighted by Crippen LogP contribution is 2.36. The first-order valence-corrected chi connectivity index (χ1v) is 7.88. The van der Waals surface area contributed by atoms with Crippen LogP contribution in [-0.2, 0) is 11.2 Å². The summed E-state index contributed by atoms with van der Waals surface area (Å²) in [5.41, 5.74) is 1.20. The molecule has 0 radical (unpaired) electrons. The van der Waals surface area contributed by atoms with Crippen LogP contribution in [0.4, 0.5) is 0 Å². The van der Waals surface area contributed by atoms with Crippen LogP contribution in [0.3, 0.4) is 0 Å². The predicted molar refractivity (Wildman–Crippen MR) is 76.2 cm³/mol. The number of likely N-dealkylation sites (N-methyl/N-ethyl adjacent to an activating group) is 1. The maximum Gasteiger partial charge on any atom is 0.0897 e. The Morgan fingerprint density at radius 3 is 2.78 bits per heavy atom. The van der Waals surface area contributed by atoms with Crippen LogP contribution in [0, 0.1) is 12.8 Å². The van der Waals surface area contributed by atoms with Crippen LogP contribution < -0.4 is 5.32 Å². The minimum absolute atomic E-state index is 0.358. The van der Waals surface area contributed by atoms with E-state index in [1.807, 2.05) is 0 Å². The van der Waals surface area contributed by atoms with Crippen molar-refractivity contribution in [2.24, 2.45) is 5.92 Å². The number of thiazole rings is 1. The highest BCUT2D eigenvalue weighted by molar-refractivity contribution is 7.09. The van der Waals surface area contributed by atoms with Gasteiger partial charge < -0.3 is 10.1 Å². The lowest BCUT2D eigenvalue weighted by Gasteiger charge is -2.27. The van der Waals surface area contributed by atoms with Crippen LogP contribution in [0.5, 0.6) is 0 Å².